The number of aryl methyl sites for hydroxylation is 2. The van der Waals surface area contributed by atoms with E-state index in [9.17, 15) is 0 Å². The van der Waals surface area contributed by atoms with E-state index in [4.69, 9.17) is 4.74 Å². The highest BCUT2D eigenvalue weighted by Gasteiger charge is 2.21. The summed E-state index contributed by atoms with van der Waals surface area (Å²) in [5, 5.41) is 10.7. The SMILES string of the molecule is Cc1n[nH]c(C)c1CNCC1Cc2ccccc2O1. The first-order valence-corrected chi connectivity index (χ1v) is 6.70. The highest BCUT2D eigenvalue weighted by atomic mass is 16.5. The minimum Gasteiger partial charge on any atom is -0.488 e. The Morgan fingerprint density at radius 1 is 1.37 bits per heavy atom. The maximum Gasteiger partial charge on any atom is 0.123 e. The first-order chi connectivity index (χ1) is 9.24. The third-order valence-corrected chi connectivity index (χ3v) is 3.67. The monoisotopic (exact) mass is 257 g/mol. The average molecular weight is 257 g/mol. The second-order valence-electron chi connectivity index (χ2n) is 5.10. The number of benzene rings is 1. The molecule has 1 aliphatic rings. The van der Waals surface area contributed by atoms with Gasteiger partial charge in [-0.1, -0.05) is 18.2 Å². The predicted octanol–water partition coefficient (Wildman–Crippen LogP) is 2.12. The summed E-state index contributed by atoms with van der Waals surface area (Å²) in [6.45, 7) is 5.78. The van der Waals surface area contributed by atoms with Crippen molar-refractivity contribution in [2.24, 2.45) is 0 Å². The van der Waals surface area contributed by atoms with Crippen molar-refractivity contribution in [3.05, 3.63) is 46.8 Å². The summed E-state index contributed by atoms with van der Waals surface area (Å²) in [6.07, 6.45) is 1.23. The third-order valence-electron chi connectivity index (χ3n) is 3.67. The van der Waals surface area contributed by atoms with Gasteiger partial charge in [0.25, 0.3) is 0 Å². The van der Waals surface area contributed by atoms with Crippen molar-refractivity contribution in [3.63, 3.8) is 0 Å². The summed E-state index contributed by atoms with van der Waals surface area (Å²) in [5.41, 5.74) is 4.78. The number of H-pyrrole nitrogens is 1. The molecular formula is C15H19N3O. The Kier molecular flexibility index (Phi) is 3.25. The number of hydrogen-bond donors (Lipinski definition) is 2. The van der Waals surface area contributed by atoms with Crippen molar-refractivity contribution in [3.8, 4) is 5.75 Å². The molecule has 3 rings (SSSR count). The molecule has 2 heterocycles. The minimum absolute atomic E-state index is 0.241. The van der Waals surface area contributed by atoms with E-state index >= 15 is 0 Å². The first-order valence-electron chi connectivity index (χ1n) is 6.70. The Hall–Kier alpha value is -1.81. The van der Waals surface area contributed by atoms with Gasteiger partial charge in [0, 0.05) is 30.8 Å². The lowest BCUT2D eigenvalue weighted by Gasteiger charge is -2.12. The largest absolute Gasteiger partial charge is 0.488 e. The van der Waals surface area contributed by atoms with Crippen molar-refractivity contribution in [2.75, 3.05) is 6.54 Å². The van der Waals surface area contributed by atoms with Crippen molar-refractivity contribution >= 4 is 0 Å². The van der Waals surface area contributed by atoms with Crippen LogP contribution in [0.5, 0.6) is 5.75 Å². The summed E-state index contributed by atoms with van der Waals surface area (Å²) in [4.78, 5) is 0. The van der Waals surface area contributed by atoms with Crippen LogP contribution in [0.15, 0.2) is 24.3 Å². The zero-order chi connectivity index (χ0) is 13.2. The van der Waals surface area contributed by atoms with E-state index in [-0.39, 0.29) is 6.10 Å². The van der Waals surface area contributed by atoms with Crippen LogP contribution in [0.2, 0.25) is 0 Å². The lowest BCUT2D eigenvalue weighted by atomic mass is 10.1. The Balaban J connectivity index is 1.53. The molecule has 100 valence electrons. The van der Waals surface area contributed by atoms with Gasteiger partial charge in [-0.2, -0.15) is 5.10 Å². The third kappa shape index (κ3) is 2.49. The number of nitrogens with zero attached hydrogens (tertiary/aromatic N) is 1. The highest BCUT2D eigenvalue weighted by Crippen LogP contribution is 2.27. The molecule has 1 aliphatic heterocycles. The molecule has 0 saturated carbocycles. The van der Waals surface area contributed by atoms with E-state index in [0.717, 1.165) is 36.6 Å². The number of aromatic nitrogens is 2. The summed E-state index contributed by atoms with van der Waals surface area (Å²) >= 11 is 0. The first kappa shape index (κ1) is 12.2. The number of nitrogens with one attached hydrogen (secondary N) is 2. The topological polar surface area (TPSA) is 49.9 Å². The van der Waals surface area contributed by atoms with Crippen LogP contribution < -0.4 is 10.1 Å². The Labute approximate surface area is 113 Å². The van der Waals surface area contributed by atoms with Crippen molar-refractivity contribution in [2.45, 2.75) is 32.9 Å². The summed E-state index contributed by atoms with van der Waals surface area (Å²) in [5.74, 6) is 1.03. The van der Waals surface area contributed by atoms with Crippen LogP contribution in [0.3, 0.4) is 0 Å². The molecule has 0 spiro atoms. The molecule has 0 aliphatic carbocycles. The predicted molar refractivity (Wildman–Crippen MR) is 74.3 cm³/mol. The zero-order valence-electron chi connectivity index (χ0n) is 11.4. The van der Waals surface area contributed by atoms with E-state index in [0.29, 0.717) is 0 Å². The lowest BCUT2D eigenvalue weighted by molar-refractivity contribution is 0.227. The van der Waals surface area contributed by atoms with Crippen molar-refractivity contribution in [1.29, 1.82) is 0 Å². The van der Waals surface area contributed by atoms with Gasteiger partial charge in [-0.15, -0.1) is 0 Å². The molecule has 2 aromatic rings. The van der Waals surface area contributed by atoms with Gasteiger partial charge < -0.3 is 10.1 Å². The van der Waals surface area contributed by atoms with Crippen LogP contribution in [0.25, 0.3) is 0 Å². The lowest BCUT2D eigenvalue weighted by Crippen LogP contribution is -2.30. The van der Waals surface area contributed by atoms with Gasteiger partial charge in [-0.05, 0) is 25.5 Å². The molecule has 4 heteroatoms. The van der Waals surface area contributed by atoms with Gasteiger partial charge in [-0.25, -0.2) is 0 Å². The number of fused-ring (bicyclic) bond motifs is 1. The normalized spacial score (nSPS) is 17.3. The molecule has 1 unspecified atom stereocenters. The van der Waals surface area contributed by atoms with E-state index in [1.165, 1.54) is 11.1 Å². The smallest absolute Gasteiger partial charge is 0.123 e. The van der Waals surface area contributed by atoms with Crippen LogP contribution in [-0.2, 0) is 13.0 Å². The fourth-order valence-corrected chi connectivity index (χ4v) is 2.56. The molecule has 0 saturated heterocycles. The number of hydrogen-bond acceptors (Lipinski definition) is 3. The standard InChI is InChI=1S/C15H19N3O/c1-10-14(11(2)18-17-10)9-16-8-13-7-12-5-3-4-6-15(12)19-13/h3-6,13,16H,7-9H2,1-2H3,(H,17,18). The Bertz CT molecular complexity index is 532. The number of rotatable bonds is 4. The van der Waals surface area contributed by atoms with E-state index in [2.05, 4.69) is 34.6 Å². The van der Waals surface area contributed by atoms with Crippen LogP contribution >= 0.6 is 0 Å². The molecule has 1 aromatic carbocycles. The summed E-state index contributed by atoms with van der Waals surface area (Å²) in [6, 6.07) is 8.27. The second kappa shape index (κ2) is 5.05. The molecule has 2 N–H and O–H groups in total. The molecule has 0 amide bonds. The minimum atomic E-state index is 0.241. The van der Waals surface area contributed by atoms with Gasteiger partial charge in [0.2, 0.25) is 0 Å². The van der Waals surface area contributed by atoms with Crippen LogP contribution in [0, 0.1) is 13.8 Å². The zero-order valence-corrected chi connectivity index (χ0v) is 11.4. The van der Waals surface area contributed by atoms with E-state index < -0.39 is 0 Å². The fourth-order valence-electron chi connectivity index (χ4n) is 2.56. The second-order valence-corrected chi connectivity index (χ2v) is 5.10. The quantitative estimate of drug-likeness (QED) is 0.882. The number of aromatic amines is 1. The molecular weight excluding hydrogens is 238 g/mol. The Morgan fingerprint density at radius 3 is 2.95 bits per heavy atom. The van der Waals surface area contributed by atoms with Gasteiger partial charge in [-0.3, -0.25) is 5.10 Å². The van der Waals surface area contributed by atoms with Gasteiger partial charge in [0.15, 0.2) is 0 Å². The van der Waals surface area contributed by atoms with Crippen LogP contribution in [0.1, 0.15) is 22.5 Å². The molecule has 0 fully saturated rings. The number of ether oxygens (including phenoxy) is 1. The van der Waals surface area contributed by atoms with Crippen molar-refractivity contribution < 1.29 is 4.74 Å². The van der Waals surface area contributed by atoms with E-state index in [1.807, 2.05) is 19.1 Å². The van der Waals surface area contributed by atoms with E-state index in [1.54, 1.807) is 0 Å². The van der Waals surface area contributed by atoms with Crippen LogP contribution in [-0.4, -0.2) is 22.8 Å². The molecule has 0 bridgehead atoms. The summed E-state index contributed by atoms with van der Waals surface area (Å²) < 4.78 is 5.90. The highest BCUT2D eigenvalue weighted by molar-refractivity contribution is 5.37. The maximum atomic E-state index is 5.90. The van der Waals surface area contributed by atoms with Gasteiger partial charge >= 0.3 is 0 Å². The average Bonchev–Trinajstić information content (AvgIpc) is 2.95. The molecule has 1 atom stereocenters. The fraction of sp³-hybridized carbons (Fsp3) is 0.400. The Morgan fingerprint density at radius 2 is 2.21 bits per heavy atom. The van der Waals surface area contributed by atoms with Crippen molar-refractivity contribution in [1.82, 2.24) is 15.5 Å². The van der Waals surface area contributed by atoms with Crippen LogP contribution in [0.4, 0.5) is 0 Å². The molecule has 1 aromatic heterocycles. The summed E-state index contributed by atoms with van der Waals surface area (Å²) in [7, 11) is 0. The van der Waals surface area contributed by atoms with Gasteiger partial charge in [0.1, 0.15) is 11.9 Å². The molecule has 4 nitrogen and oxygen atoms in total. The molecule has 0 radical (unpaired) electrons. The van der Waals surface area contributed by atoms with Gasteiger partial charge in [0.05, 0.1) is 5.69 Å². The number of para-hydroxylation sites is 1. The molecule has 19 heavy (non-hydrogen) atoms. The maximum absolute atomic E-state index is 5.90.